The minimum atomic E-state index is -0.793. The third-order valence-corrected chi connectivity index (χ3v) is 6.17. The molecule has 30 heavy (non-hydrogen) atoms. The molecule has 3 atom stereocenters. The van der Waals surface area contributed by atoms with Crippen LogP contribution in [0.4, 0.5) is 0 Å². The molecule has 2 heterocycles. The zero-order valence-corrected chi connectivity index (χ0v) is 20.2. The van der Waals surface area contributed by atoms with Crippen molar-refractivity contribution in [3.63, 3.8) is 0 Å². The first-order valence-corrected chi connectivity index (χ1v) is 10.2. The zero-order valence-electron chi connectivity index (χ0n) is 18.5. The third-order valence-electron chi connectivity index (χ3n) is 6.17. The van der Waals surface area contributed by atoms with Gasteiger partial charge in [0.25, 0.3) is 0 Å². The molecule has 1 aromatic carbocycles. The number of carboxylic acids is 1. The summed E-state index contributed by atoms with van der Waals surface area (Å²) < 4.78 is 5.48. The summed E-state index contributed by atoms with van der Waals surface area (Å²) in [4.78, 5) is 14.2. The van der Waals surface area contributed by atoms with Gasteiger partial charge in [-0.3, -0.25) is 9.69 Å². The average Bonchev–Trinajstić information content (AvgIpc) is 2.68. The monoisotopic (exact) mass is 464 g/mol. The smallest absolute Gasteiger partial charge is 0.303 e. The van der Waals surface area contributed by atoms with Crippen molar-refractivity contribution >= 4 is 30.8 Å². The molecule has 0 amide bonds. The number of hydrogen-bond acceptors (Lipinski definition) is 5. The van der Waals surface area contributed by atoms with Gasteiger partial charge < -0.3 is 19.8 Å². The van der Waals surface area contributed by atoms with Crippen LogP contribution in [0.1, 0.15) is 39.2 Å². The van der Waals surface area contributed by atoms with E-state index in [1.165, 1.54) is 0 Å². The standard InChI is InChI=1S/C19H30N2O2.C3H6O2.2ClH/c1-16-13-19(22,17-7-5-4-6-8-17)18(2,14-20(16)3)15-21-9-11-23-12-10-21;1-2-3(4)5;;/h4-8,16,22H,9-15H2,1-3H3;2H2,1H3,(H,4,5);2*1H. The maximum Gasteiger partial charge on any atom is 0.303 e. The van der Waals surface area contributed by atoms with Gasteiger partial charge in [0, 0.05) is 44.1 Å². The molecular weight excluding hydrogens is 427 g/mol. The van der Waals surface area contributed by atoms with Crippen molar-refractivity contribution in [2.45, 2.75) is 45.3 Å². The number of carbonyl (C=O) groups is 1. The molecule has 2 aliphatic heterocycles. The number of ether oxygens (including phenoxy) is 1. The second kappa shape index (κ2) is 12.8. The fourth-order valence-corrected chi connectivity index (χ4v) is 4.28. The van der Waals surface area contributed by atoms with Gasteiger partial charge in [0.15, 0.2) is 0 Å². The minimum absolute atomic E-state index is 0. The van der Waals surface area contributed by atoms with Crippen molar-refractivity contribution in [1.29, 1.82) is 0 Å². The lowest BCUT2D eigenvalue weighted by atomic mass is 9.63. The number of hydrogen-bond donors (Lipinski definition) is 2. The normalized spacial score (nSPS) is 29.6. The number of carboxylic acid groups (broad SMARTS) is 1. The van der Waals surface area contributed by atoms with E-state index in [0.717, 1.165) is 51.4 Å². The van der Waals surface area contributed by atoms with Crippen LogP contribution in [0, 0.1) is 5.41 Å². The number of aliphatic hydroxyl groups is 1. The van der Waals surface area contributed by atoms with Gasteiger partial charge in [-0.2, -0.15) is 0 Å². The molecule has 2 saturated heterocycles. The Morgan fingerprint density at radius 2 is 1.73 bits per heavy atom. The van der Waals surface area contributed by atoms with E-state index < -0.39 is 11.6 Å². The zero-order chi connectivity index (χ0) is 20.8. The second-order valence-electron chi connectivity index (χ2n) is 8.39. The SMILES string of the molecule is CC1CC(O)(c2ccccc2)C(C)(CN2CCOCC2)CN1C.CCC(=O)O.Cl.Cl. The largest absolute Gasteiger partial charge is 0.481 e. The molecule has 3 unspecified atom stereocenters. The fourth-order valence-electron chi connectivity index (χ4n) is 4.28. The lowest BCUT2D eigenvalue weighted by Gasteiger charge is -2.55. The van der Waals surface area contributed by atoms with E-state index in [2.05, 4.69) is 42.8 Å². The molecule has 2 aliphatic rings. The van der Waals surface area contributed by atoms with Crippen LogP contribution in [0.25, 0.3) is 0 Å². The number of halogens is 2. The summed E-state index contributed by atoms with van der Waals surface area (Å²) in [6.45, 7) is 11.4. The summed E-state index contributed by atoms with van der Waals surface area (Å²) in [6.07, 6.45) is 0.994. The van der Waals surface area contributed by atoms with Crippen LogP contribution in [0.2, 0.25) is 0 Å². The van der Waals surface area contributed by atoms with Crippen LogP contribution < -0.4 is 0 Å². The highest BCUT2D eigenvalue weighted by Gasteiger charge is 2.53. The van der Waals surface area contributed by atoms with Gasteiger partial charge in [0.1, 0.15) is 0 Å². The van der Waals surface area contributed by atoms with Crippen LogP contribution in [0.5, 0.6) is 0 Å². The average molecular weight is 465 g/mol. The second-order valence-corrected chi connectivity index (χ2v) is 8.39. The maximum atomic E-state index is 11.8. The Hall–Kier alpha value is -0.890. The Bertz CT molecular complexity index is 631. The highest BCUT2D eigenvalue weighted by Crippen LogP contribution is 2.48. The number of piperidine rings is 1. The van der Waals surface area contributed by atoms with Gasteiger partial charge in [0.05, 0.1) is 18.8 Å². The summed E-state index contributed by atoms with van der Waals surface area (Å²) in [6, 6.07) is 10.6. The molecule has 6 nitrogen and oxygen atoms in total. The van der Waals surface area contributed by atoms with Crippen LogP contribution in [0.15, 0.2) is 30.3 Å². The molecule has 2 N–H and O–H groups in total. The van der Waals surface area contributed by atoms with E-state index in [4.69, 9.17) is 9.84 Å². The fraction of sp³-hybridized carbons (Fsp3) is 0.682. The van der Waals surface area contributed by atoms with Crippen LogP contribution in [-0.4, -0.2) is 78.5 Å². The van der Waals surface area contributed by atoms with Crippen LogP contribution in [-0.2, 0) is 15.1 Å². The molecule has 0 spiro atoms. The molecule has 0 aliphatic carbocycles. The van der Waals surface area contributed by atoms with Crippen molar-refractivity contribution in [2.24, 2.45) is 5.41 Å². The van der Waals surface area contributed by atoms with E-state index in [1.807, 2.05) is 18.2 Å². The number of benzene rings is 1. The van der Waals surface area contributed by atoms with Crippen molar-refractivity contribution in [2.75, 3.05) is 46.4 Å². The van der Waals surface area contributed by atoms with E-state index in [1.54, 1.807) is 6.92 Å². The van der Waals surface area contributed by atoms with Gasteiger partial charge in [-0.05, 0) is 26.0 Å². The molecule has 174 valence electrons. The first kappa shape index (κ1) is 29.1. The first-order chi connectivity index (χ1) is 13.2. The number of nitrogens with zero attached hydrogens (tertiary/aromatic N) is 2. The molecule has 8 heteroatoms. The molecule has 3 rings (SSSR count). The van der Waals surface area contributed by atoms with Crippen LogP contribution in [0.3, 0.4) is 0 Å². The molecule has 1 aromatic rings. The Morgan fingerprint density at radius 3 is 2.23 bits per heavy atom. The maximum absolute atomic E-state index is 11.8. The molecule has 0 bridgehead atoms. The van der Waals surface area contributed by atoms with E-state index in [0.29, 0.717) is 6.04 Å². The highest BCUT2D eigenvalue weighted by molar-refractivity contribution is 5.85. The molecule has 0 saturated carbocycles. The van der Waals surface area contributed by atoms with Crippen molar-refractivity contribution < 1.29 is 19.7 Å². The lowest BCUT2D eigenvalue weighted by molar-refractivity contribution is -0.158. The highest BCUT2D eigenvalue weighted by atomic mass is 35.5. The van der Waals surface area contributed by atoms with Crippen LogP contribution >= 0.6 is 24.8 Å². The van der Waals surface area contributed by atoms with Crippen molar-refractivity contribution in [3.05, 3.63) is 35.9 Å². The van der Waals surface area contributed by atoms with Crippen molar-refractivity contribution in [1.82, 2.24) is 9.80 Å². The number of morpholine rings is 1. The van der Waals surface area contributed by atoms with Gasteiger partial charge >= 0.3 is 5.97 Å². The summed E-state index contributed by atoms with van der Waals surface area (Å²) in [5, 5.41) is 19.5. The predicted octanol–water partition coefficient (Wildman–Crippen LogP) is 3.26. The Morgan fingerprint density at radius 1 is 1.20 bits per heavy atom. The van der Waals surface area contributed by atoms with E-state index in [9.17, 15) is 9.90 Å². The number of aliphatic carboxylic acids is 1. The summed E-state index contributed by atoms with van der Waals surface area (Å²) in [5.74, 6) is -0.745. The van der Waals surface area contributed by atoms with Gasteiger partial charge in [-0.1, -0.05) is 44.2 Å². The summed E-state index contributed by atoms with van der Waals surface area (Å²) in [7, 11) is 2.17. The Kier molecular flexibility index (Phi) is 12.5. The Balaban J connectivity index is 0.00000108. The summed E-state index contributed by atoms with van der Waals surface area (Å²) >= 11 is 0. The first-order valence-electron chi connectivity index (χ1n) is 10.2. The van der Waals surface area contributed by atoms with Crippen molar-refractivity contribution in [3.8, 4) is 0 Å². The molecule has 0 aromatic heterocycles. The lowest BCUT2D eigenvalue weighted by Crippen LogP contribution is -2.63. The van der Waals surface area contributed by atoms with Gasteiger partial charge in [-0.15, -0.1) is 24.8 Å². The molecule has 2 fully saturated rings. The number of rotatable bonds is 4. The summed E-state index contributed by atoms with van der Waals surface area (Å²) in [5.41, 5.74) is 0.0570. The molecule has 0 radical (unpaired) electrons. The Labute approximate surface area is 193 Å². The third kappa shape index (κ3) is 7.08. The van der Waals surface area contributed by atoms with E-state index >= 15 is 0 Å². The topological polar surface area (TPSA) is 73.2 Å². The van der Waals surface area contributed by atoms with E-state index in [-0.39, 0.29) is 36.6 Å². The van der Waals surface area contributed by atoms with Gasteiger partial charge in [-0.25, -0.2) is 0 Å². The van der Waals surface area contributed by atoms with Gasteiger partial charge in [0.2, 0.25) is 0 Å². The number of likely N-dealkylation sites (tertiary alicyclic amines) is 1. The molecular formula is C22H38Cl2N2O4. The predicted molar refractivity (Wildman–Crippen MR) is 125 cm³/mol. The quantitative estimate of drug-likeness (QED) is 0.711. The minimum Gasteiger partial charge on any atom is -0.481 e.